The molecule has 0 bridgehead atoms. The number of hydrogen-bond donors (Lipinski definition) is 1. The monoisotopic (exact) mass is 325 g/mol. The van der Waals surface area contributed by atoms with Gasteiger partial charge < -0.3 is 9.84 Å². The Labute approximate surface area is 137 Å². The van der Waals surface area contributed by atoms with E-state index < -0.39 is 5.97 Å². The van der Waals surface area contributed by atoms with Crippen molar-refractivity contribution in [2.45, 2.75) is 6.92 Å². The van der Waals surface area contributed by atoms with E-state index in [4.69, 9.17) is 4.74 Å². The predicted molar refractivity (Wildman–Crippen MR) is 92.3 cm³/mol. The molecule has 1 aromatic heterocycles. The van der Waals surface area contributed by atoms with Gasteiger partial charge in [0.05, 0.1) is 17.3 Å². The summed E-state index contributed by atoms with van der Waals surface area (Å²) in [5, 5.41) is 10.2. The summed E-state index contributed by atoms with van der Waals surface area (Å²) >= 11 is 1.42. The lowest BCUT2D eigenvalue weighted by Crippen LogP contribution is -2.04. The van der Waals surface area contributed by atoms with Gasteiger partial charge in [0.25, 0.3) is 0 Å². The Bertz CT molecular complexity index is 897. The summed E-state index contributed by atoms with van der Waals surface area (Å²) in [6.45, 7) is 2.00. The molecule has 1 heterocycles. The average Bonchev–Trinajstić information content (AvgIpc) is 2.95. The summed E-state index contributed by atoms with van der Waals surface area (Å²) in [7, 11) is 1.47. The third-order valence-electron chi connectivity index (χ3n) is 3.44. The van der Waals surface area contributed by atoms with Crippen LogP contribution in [0.25, 0.3) is 21.5 Å². The van der Waals surface area contributed by atoms with Crippen molar-refractivity contribution < 1.29 is 14.6 Å². The molecule has 0 aliphatic carbocycles. The zero-order valence-electron chi connectivity index (χ0n) is 12.7. The van der Waals surface area contributed by atoms with Crippen LogP contribution in [0, 0.1) is 6.92 Å². The smallest absolute Gasteiger partial charge is 0.340 e. The largest absolute Gasteiger partial charge is 0.493 e. The highest BCUT2D eigenvalue weighted by atomic mass is 32.1. The Hall–Kier alpha value is -2.66. The maximum absolute atomic E-state index is 11.8. The van der Waals surface area contributed by atoms with Gasteiger partial charge in [-0.1, -0.05) is 36.4 Å². The Morgan fingerprint density at radius 3 is 2.57 bits per heavy atom. The maximum Gasteiger partial charge on any atom is 0.340 e. The molecule has 3 rings (SSSR count). The number of nitrogens with zero attached hydrogens (tertiary/aromatic N) is 1. The van der Waals surface area contributed by atoms with Gasteiger partial charge in [-0.05, 0) is 30.2 Å². The molecule has 1 N–H and O–H groups in total. The molecule has 0 saturated carbocycles. The summed E-state index contributed by atoms with van der Waals surface area (Å²) < 4.78 is 6.42. The van der Waals surface area contributed by atoms with Crippen molar-refractivity contribution in [1.29, 1.82) is 0 Å². The van der Waals surface area contributed by atoms with E-state index in [1.807, 2.05) is 31.2 Å². The third kappa shape index (κ3) is 2.96. The quantitative estimate of drug-likeness (QED) is 0.577. The van der Waals surface area contributed by atoms with Crippen molar-refractivity contribution in [2.24, 2.45) is 0 Å². The number of aryl methyl sites for hydroxylation is 1. The minimum absolute atomic E-state index is 0.115. The highest BCUT2D eigenvalue weighted by Gasteiger charge is 2.21. The van der Waals surface area contributed by atoms with Gasteiger partial charge in [-0.15, -0.1) is 11.3 Å². The number of thiazole rings is 1. The van der Waals surface area contributed by atoms with Gasteiger partial charge >= 0.3 is 5.97 Å². The van der Waals surface area contributed by atoms with Gasteiger partial charge in [-0.3, -0.25) is 0 Å². The molecule has 23 heavy (non-hydrogen) atoms. The molecular formula is C18H15NO3S. The van der Waals surface area contributed by atoms with Gasteiger partial charge in [0.1, 0.15) is 5.57 Å². The Kier molecular flexibility index (Phi) is 4.12. The van der Waals surface area contributed by atoms with E-state index in [1.54, 1.807) is 24.3 Å². The lowest BCUT2D eigenvalue weighted by atomic mass is 10.0. The highest BCUT2D eigenvalue weighted by Crippen LogP contribution is 2.33. The summed E-state index contributed by atoms with van der Waals surface area (Å²) in [4.78, 5) is 16.3. The molecule has 0 saturated heterocycles. The second kappa shape index (κ2) is 6.22. The lowest BCUT2D eigenvalue weighted by Gasteiger charge is -2.09. The first-order valence-electron chi connectivity index (χ1n) is 7.04. The molecule has 0 atom stereocenters. The van der Waals surface area contributed by atoms with E-state index in [2.05, 4.69) is 4.98 Å². The van der Waals surface area contributed by atoms with Gasteiger partial charge in [-0.25, -0.2) is 9.78 Å². The standard InChI is InChI=1S/C18H15NO3S/c1-11-8-9-14-13(10-11)19-17(23-14)16(22-2)15(18(20)21)12-6-4-3-5-7-12/h3-10H,1-2H3,(H,20,21)/b16-15+. The molecule has 0 unspecified atom stereocenters. The minimum Gasteiger partial charge on any atom is -0.493 e. The van der Waals surface area contributed by atoms with Crippen LogP contribution in [0.3, 0.4) is 0 Å². The van der Waals surface area contributed by atoms with Crippen LogP contribution in [-0.2, 0) is 9.53 Å². The molecule has 0 aliphatic heterocycles. The van der Waals surface area contributed by atoms with Crippen molar-refractivity contribution in [3.8, 4) is 0 Å². The third-order valence-corrected chi connectivity index (χ3v) is 4.48. The SMILES string of the molecule is CO/C(=C(/C(=O)O)c1ccccc1)c1nc2cc(C)ccc2s1. The number of carbonyl (C=O) groups is 1. The van der Waals surface area contributed by atoms with E-state index in [0.717, 1.165) is 15.8 Å². The van der Waals surface area contributed by atoms with Crippen molar-refractivity contribution in [3.05, 3.63) is 64.7 Å². The number of aliphatic carboxylic acids is 1. The van der Waals surface area contributed by atoms with Crippen LogP contribution in [-0.4, -0.2) is 23.2 Å². The molecule has 3 aromatic rings. The molecule has 4 nitrogen and oxygen atoms in total. The molecule has 0 amide bonds. The number of carboxylic acid groups (broad SMARTS) is 1. The number of hydrogen-bond acceptors (Lipinski definition) is 4. The number of fused-ring (bicyclic) bond motifs is 1. The molecule has 0 spiro atoms. The number of methoxy groups -OCH3 is 1. The molecule has 116 valence electrons. The molecular weight excluding hydrogens is 310 g/mol. The Morgan fingerprint density at radius 2 is 1.91 bits per heavy atom. The molecule has 5 heteroatoms. The van der Waals surface area contributed by atoms with E-state index in [9.17, 15) is 9.90 Å². The van der Waals surface area contributed by atoms with E-state index in [1.165, 1.54) is 18.4 Å². The summed E-state index contributed by atoms with van der Waals surface area (Å²) in [5.74, 6) is -0.758. The zero-order chi connectivity index (χ0) is 16.4. The minimum atomic E-state index is -1.04. The number of carboxylic acids is 1. The van der Waals surface area contributed by atoms with Gasteiger partial charge in [0, 0.05) is 0 Å². The number of ether oxygens (including phenoxy) is 1. The van der Waals surface area contributed by atoms with Crippen molar-refractivity contribution in [1.82, 2.24) is 4.98 Å². The van der Waals surface area contributed by atoms with E-state index in [0.29, 0.717) is 10.6 Å². The summed E-state index contributed by atoms with van der Waals surface area (Å²) in [6.07, 6.45) is 0. The number of aromatic nitrogens is 1. The van der Waals surface area contributed by atoms with Crippen LogP contribution in [0.4, 0.5) is 0 Å². The first kappa shape index (κ1) is 15.2. The lowest BCUT2D eigenvalue weighted by molar-refractivity contribution is -0.130. The predicted octanol–water partition coefficient (Wildman–Crippen LogP) is 4.20. The van der Waals surface area contributed by atoms with Crippen LogP contribution in [0.5, 0.6) is 0 Å². The number of benzene rings is 2. The van der Waals surface area contributed by atoms with Crippen molar-refractivity contribution in [3.63, 3.8) is 0 Å². The fourth-order valence-electron chi connectivity index (χ4n) is 2.39. The van der Waals surface area contributed by atoms with Gasteiger partial charge in [0.15, 0.2) is 10.8 Å². The zero-order valence-corrected chi connectivity index (χ0v) is 13.6. The van der Waals surface area contributed by atoms with Crippen molar-refractivity contribution in [2.75, 3.05) is 7.11 Å². The van der Waals surface area contributed by atoms with Gasteiger partial charge in [-0.2, -0.15) is 0 Å². The molecule has 0 fully saturated rings. The van der Waals surface area contributed by atoms with Crippen LogP contribution in [0.15, 0.2) is 48.5 Å². The van der Waals surface area contributed by atoms with Crippen LogP contribution < -0.4 is 0 Å². The maximum atomic E-state index is 11.8. The first-order chi connectivity index (χ1) is 11.1. The first-order valence-corrected chi connectivity index (χ1v) is 7.86. The highest BCUT2D eigenvalue weighted by molar-refractivity contribution is 7.19. The normalized spacial score (nSPS) is 12.1. The van der Waals surface area contributed by atoms with Crippen LogP contribution in [0.1, 0.15) is 16.1 Å². The average molecular weight is 325 g/mol. The fraction of sp³-hybridized carbons (Fsp3) is 0.111. The summed E-state index contributed by atoms with van der Waals surface area (Å²) in [6, 6.07) is 14.9. The molecule has 0 radical (unpaired) electrons. The van der Waals surface area contributed by atoms with Crippen LogP contribution in [0.2, 0.25) is 0 Å². The molecule has 2 aromatic carbocycles. The van der Waals surface area contributed by atoms with Crippen LogP contribution >= 0.6 is 11.3 Å². The van der Waals surface area contributed by atoms with E-state index in [-0.39, 0.29) is 11.3 Å². The Morgan fingerprint density at radius 1 is 1.17 bits per heavy atom. The molecule has 0 aliphatic rings. The fourth-order valence-corrected chi connectivity index (χ4v) is 3.36. The number of rotatable bonds is 4. The van der Waals surface area contributed by atoms with Crippen molar-refractivity contribution >= 4 is 38.9 Å². The second-order valence-electron chi connectivity index (χ2n) is 5.07. The van der Waals surface area contributed by atoms with E-state index >= 15 is 0 Å². The topological polar surface area (TPSA) is 59.4 Å². The summed E-state index contributed by atoms with van der Waals surface area (Å²) in [5.41, 5.74) is 2.66. The second-order valence-corrected chi connectivity index (χ2v) is 6.10. The Balaban J connectivity index is 2.23. The van der Waals surface area contributed by atoms with Gasteiger partial charge in [0.2, 0.25) is 0 Å².